The van der Waals surface area contributed by atoms with E-state index < -0.39 is 13.8 Å². The Labute approximate surface area is 188 Å². The lowest BCUT2D eigenvalue weighted by Crippen LogP contribution is -2.30. The number of aliphatic hydroxyl groups excluding tert-OH is 1. The van der Waals surface area contributed by atoms with Crippen LogP contribution in [-0.2, 0) is 6.54 Å². The van der Waals surface area contributed by atoms with Gasteiger partial charge in [0.25, 0.3) is 5.91 Å². The third-order valence-electron chi connectivity index (χ3n) is 4.98. The smallest absolute Gasteiger partial charge is 0.423 e. The minimum Gasteiger partial charge on any atom is -0.423 e. The van der Waals surface area contributed by atoms with Crippen LogP contribution in [0.1, 0.15) is 15.9 Å². The predicted octanol–water partition coefficient (Wildman–Crippen LogP) is 0.722. The van der Waals surface area contributed by atoms with Crippen molar-refractivity contribution in [2.45, 2.75) is 6.54 Å². The fourth-order valence-corrected chi connectivity index (χ4v) is 3.26. The molecule has 4 rings (SSSR count). The molecule has 0 aliphatic heterocycles. The number of benzene rings is 3. The molecular formula is C21H20BN5O6. The summed E-state index contributed by atoms with van der Waals surface area (Å²) in [5.41, 5.74) is 3.28. The Hall–Kier alpha value is -3.97. The van der Waals surface area contributed by atoms with E-state index in [1.165, 1.54) is 6.07 Å². The number of fused-ring (bicyclic) bond motifs is 1. The van der Waals surface area contributed by atoms with Crippen molar-refractivity contribution in [2.24, 2.45) is 0 Å². The van der Waals surface area contributed by atoms with Crippen LogP contribution in [0, 0.1) is 0 Å². The number of aromatic nitrogens is 2. The van der Waals surface area contributed by atoms with E-state index in [9.17, 15) is 25.2 Å². The monoisotopic (exact) mass is 449 g/mol. The molecule has 0 spiro atoms. The Morgan fingerprint density at radius 1 is 0.970 bits per heavy atom. The van der Waals surface area contributed by atoms with Crippen LogP contribution in [-0.4, -0.2) is 50.4 Å². The molecule has 4 aromatic rings. The van der Waals surface area contributed by atoms with E-state index in [1.807, 2.05) is 0 Å². The van der Waals surface area contributed by atoms with Gasteiger partial charge in [0.2, 0.25) is 0 Å². The van der Waals surface area contributed by atoms with Gasteiger partial charge < -0.3 is 25.8 Å². The Balaban J connectivity index is 1.53. The van der Waals surface area contributed by atoms with Crippen molar-refractivity contribution in [3.8, 4) is 0 Å². The summed E-state index contributed by atoms with van der Waals surface area (Å²) in [6, 6.07) is 16.6. The highest BCUT2D eigenvalue weighted by molar-refractivity contribution is 6.58. The fourth-order valence-electron chi connectivity index (χ4n) is 3.26. The second kappa shape index (κ2) is 9.67. The van der Waals surface area contributed by atoms with Crippen molar-refractivity contribution in [1.29, 1.82) is 0 Å². The lowest BCUT2D eigenvalue weighted by molar-refractivity contribution is 0.0951. The summed E-state index contributed by atoms with van der Waals surface area (Å²) in [6.07, 6.45) is 0. The Bertz CT molecular complexity index is 1260. The summed E-state index contributed by atoms with van der Waals surface area (Å²) < 4.78 is 4.80. The summed E-state index contributed by atoms with van der Waals surface area (Å²) in [5.74, 6) is -0.322. The predicted molar refractivity (Wildman–Crippen MR) is 120 cm³/mol. The van der Waals surface area contributed by atoms with Crippen LogP contribution in [0.15, 0.2) is 65.3 Å². The number of carbonyl (C=O) groups is 1. The van der Waals surface area contributed by atoms with Crippen molar-refractivity contribution >= 4 is 46.6 Å². The van der Waals surface area contributed by atoms with Crippen molar-refractivity contribution < 1.29 is 29.8 Å². The molecular weight excluding hydrogens is 429 g/mol. The molecule has 1 heterocycles. The minimum absolute atomic E-state index is 0.213. The Morgan fingerprint density at radius 2 is 1.70 bits per heavy atom. The molecule has 12 heteroatoms. The van der Waals surface area contributed by atoms with Gasteiger partial charge in [0, 0.05) is 6.54 Å². The average Bonchev–Trinajstić information content (AvgIpc) is 3.33. The second-order valence-corrected chi connectivity index (χ2v) is 7.10. The molecule has 33 heavy (non-hydrogen) atoms. The third-order valence-corrected chi connectivity index (χ3v) is 4.98. The van der Waals surface area contributed by atoms with Gasteiger partial charge >= 0.3 is 7.12 Å². The van der Waals surface area contributed by atoms with Crippen LogP contribution in [0.3, 0.4) is 0 Å². The molecule has 0 saturated carbocycles. The number of nitrogens with zero attached hydrogens (tertiary/aromatic N) is 3. The molecule has 11 nitrogen and oxygen atoms in total. The Kier molecular flexibility index (Phi) is 6.52. The lowest BCUT2D eigenvalue weighted by atomic mass is 9.80. The molecule has 0 aliphatic rings. The van der Waals surface area contributed by atoms with E-state index in [0.29, 0.717) is 33.0 Å². The SMILES string of the molecule is O=C(NCc1ccc(B(O)O)cc1)c1ccccc1Nc1ccc(N(O)CO)c2nonc12. The quantitative estimate of drug-likeness (QED) is 0.128. The van der Waals surface area contributed by atoms with E-state index in [4.69, 9.17) is 4.63 Å². The van der Waals surface area contributed by atoms with Gasteiger partial charge in [-0.15, -0.1) is 0 Å². The molecule has 1 aromatic heterocycles. The highest BCUT2D eigenvalue weighted by Crippen LogP contribution is 2.31. The van der Waals surface area contributed by atoms with Crippen molar-refractivity contribution in [2.75, 3.05) is 17.1 Å². The van der Waals surface area contributed by atoms with Gasteiger partial charge in [-0.2, -0.15) is 0 Å². The zero-order chi connectivity index (χ0) is 23.4. The minimum atomic E-state index is -1.55. The molecule has 168 valence electrons. The molecule has 0 radical (unpaired) electrons. The van der Waals surface area contributed by atoms with E-state index >= 15 is 0 Å². The lowest BCUT2D eigenvalue weighted by Gasteiger charge is -2.15. The second-order valence-electron chi connectivity index (χ2n) is 7.10. The van der Waals surface area contributed by atoms with Gasteiger partial charge in [-0.3, -0.25) is 10.0 Å². The molecule has 0 atom stereocenters. The number of hydroxylamine groups is 1. The number of amides is 1. The maximum atomic E-state index is 12.9. The highest BCUT2D eigenvalue weighted by atomic mass is 16.6. The summed E-state index contributed by atoms with van der Waals surface area (Å²) in [6.45, 7) is -0.393. The maximum absolute atomic E-state index is 12.9. The largest absolute Gasteiger partial charge is 0.488 e. The van der Waals surface area contributed by atoms with Crippen molar-refractivity contribution in [1.82, 2.24) is 15.6 Å². The van der Waals surface area contributed by atoms with Crippen LogP contribution in [0.4, 0.5) is 17.1 Å². The first kappa shape index (κ1) is 22.2. The number of nitrogens with one attached hydrogen (secondary N) is 2. The van der Waals surface area contributed by atoms with Gasteiger partial charge in [-0.25, -0.2) is 9.69 Å². The van der Waals surface area contributed by atoms with E-state index in [-0.39, 0.29) is 23.7 Å². The molecule has 0 aliphatic carbocycles. The molecule has 0 fully saturated rings. The van der Waals surface area contributed by atoms with Crippen LogP contribution in [0.25, 0.3) is 11.0 Å². The summed E-state index contributed by atoms with van der Waals surface area (Å²) in [4.78, 5) is 12.9. The standard InChI is InChI=1S/C21H20BN5O6/c28-12-27(32)18-10-9-17(19-20(18)26-33-25-19)24-16-4-2-1-3-15(16)21(29)23-11-13-5-7-14(8-6-13)22(30)31/h1-10,24,28,30-32H,11-12H2,(H,23,29). The van der Waals surface area contributed by atoms with E-state index in [1.54, 1.807) is 54.6 Å². The number of hydrogen-bond donors (Lipinski definition) is 6. The van der Waals surface area contributed by atoms with Gasteiger partial charge in [0.15, 0.2) is 11.0 Å². The van der Waals surface area contributed by atoms with Crippen LogP contribution in [0.2, 0.25) is 0 Å². The number of para-hydroxylation sites is 1. The van der Waals surface area contributed by atoms with Gasteiger partial charge in [0.05, 0.1) is 22.6 Å². The first-order valence-electron chi connectivity index (χ1n) is 9.89. The van der Waals surface area contributed by atoms with Crippen LogP contribution < -0.4 is 21.2 Å². The number of hydrogen-bond acceptors (Lipinski definition) is 10. The van der Waals surface area contributed by atoms with Gasteiger partial charge in [-0.05, 0) is 45.6 Å². The molecule has 6 N–H and O–H groups in total. The van der Waals surface area contributed by atoms with Crippen LogP contribution in [0.5, 0.6) is 0 Å². The zero-order valence-electron chi connectivity index (χ0n) is 17.2. The maximum Gasteiger partial charge on any atom is 0.488 e. The fraction of sp³-hybridized carbons (Fsp3) is 0.0952. The van der Waals surface area contributed by atoms with Crippen molar-refractivity contribution in [3.63, 3.8) is 0 Å². The van der Waals surface area contributed by atoms with Crippen LogP contribution >= 0.6 is 0 Å². The zero-order valence-corrected chi connectivity index (χ0v) is 17.2. The Morgan fingerprint density at radius 3 is 2.42 bits per heavy atom. The summed E-state index contributed by atoms with van der Waals surface area (Å²) in [5, 5.41) is 51.6. The number of aliphatic hydroxyl groups is 1. The molecule has 1 amide bonds. The number of carbonyl (C=O) groups excluding carboxylic acids is 1. The first-order valence-corrected chi connectivity index (χ1v) is 9.89. The van der Waals surface area contributed by atoms with Gasteiger partial charge in [0.1, 0.15) is 6.73 Å². The molecule has 0 saturated heterocycles. The van der Waals surface area contributed by atoms with Gasteiger partial charge in [-0.1, -0.05) is 36.4 Å². The summed E-state index contributed by atoms with van der Waals surface area (Å²) >= 11 is 0. The number of anilines is 3. The number of rotatable bonds is 8. The third kappa shape index (κ3) is 4.78. The molecule has 3 aromatic carbocycles. The van der Waals surface area contributed by atoms with E-state index in [0.717, 1.165) is 5.56 Å². The highest BCUT2D eigenvalue weighted by Gasteiger charge is 2.18. The first-order chi connectivity index (χ1) is 16.0. The average molecular weight is 449 g/mol. The van der Waals surface area contributed by atoms with E-state index in [2.05, 4.69) is 20.9 Å². The molecule has 0 unspecified atom stereocenters. The normalized spacial score (nSPS) is 10.8. The topological polar surface area (TPSA) is 164 Å². The summed E-state index contributed by atoms with van der Waals surface area (Å²) in [7, 11) is -1.55. The van der Waals surface area contributed by atoms with Crippen molar-refractivity contribution in [3.05, 3.63) is 71.8 Å². The molecule has 0 bridgehead atoms.